The zero-order valence-corrected chi connectivity index (χ0v) is 14.2. The smallest absolute Gasteiger partial charge is 0.223 e. The van der Waals surface area contributed by atoms with E-state index in [1.165, 1.54) is 5.56 Å². The Kier molecular flexibility index (Phi) is 7.71. The van der Waals surface area contributed by atoms with Gasteiger partial charge >= 0.3 is 0 Å². The fourth-order valence-corrected chi connectivity index (χ4v) is 2.77. The SMILES string of the molecule is NCCN(CCc1ccccc1)C(=O)CCC(=O)N1CCOCC1. The highest BCUT2D eigenvalue weighted by molar-refractivity contribution is 5.83. The van der Waals surface area contributed by atoms with Crippen LogP contribution in [-0.2, 0) is 20.7 Å². The summed E-state index contributed by atoms with van der Waals surface area (Å²) in [6.45, 7) is 3.98. The molecule has 0 aromatic heterocycles. The second kappa shape index (κ2) is 10.1. The van der Waals surface area contributed by atoms with Crippen molar-refractivity contribution in [3.63, 3.8) is 0 Å². The van der Waals surface area contributed by atoms with Crippen molar-refractivity contribution < 1.29 is 14.3 Å². The van der Waals surface area contributed by atoms with Gasteiger partial charge in [-0.15, -0.1) is 0 Å². The van der Waals surface area contributed by atoms with Crippen molar-refractivity contribution in [3.8, 4) is 0 Å². The van der Waals surface area contributed by atoms with Crippen LogP contribution in [0.25, 0.3) is 0 Å². The number of nitrogens with two attached hydrogens (primary N) is 1. The summed E-state index contributed by atoms with van der Waals surface area (Å²) >= 11 is 0. The predicted octanol–water partition coefficient (Wildman–Crippen LogP) is 0.655. The van der Waals surface area contributed by atoms with Crippen LogP contribution >= 0.6 is 0 Å². The highest BCUT2D eigenvalue weighted by atomic mass is 16.5. The molecule has 1 saturated heterocycles. The fraction of sp³-hybridized carbons (Fsp3) is 0.556. The van der Waals surface area contributed by atoms with Crippen LogP contribution in [0.4, 0.5) is 0 Å². The van der Waals surface area contributed by atoms with Crippen molar-refractivity contribution in [3.05, 3.63) is 35.9 Å². The normalized spacial score (nSPS) is 14.5. The molecule has 1 aliphatic heterocycles. The van der Waals surface area contributed by atoms with Crippen molar-refractivity contribution in [1.82, 2.24) is 9.80 Å². The number of ether oxygens (including phenoxy) is 1. The van der Waals surface area contributed by atoms with Crippen molar-refractivity contribution in [1.29, 1.82) is 0 Å². The van der Waals surface area contributed by atoms with E-state index in [9.17, 15) is 9.59 Å². The number of hydrogen-bond donors (Lipinski definition) is 1. The van der Waals surface area contributed by atoms with E-state index < -0.39 is 0 Å². The lowest BCUT2D eigenvalue weighted by Gasteiger charge is -2.27. The summed E-state index contributed by atoms with van der Waals surface area (Å²) < 4.78 is 5.24. The maximum atomic E-state index is 12.4. The quantitative estimate of drug-likeness (QED) is 0.758. The average molecular weight is 333 g/mol. The van der Waals surface area contributed by atoms with E-state index in [-0.39, 0.29) is 24.7 Å². The van der Waals surface area contributed by atoms with Crippen molar-refractivity contribution in [2.75, 3.05) is 45.9 Å². The Balaban J connectivity index is 1.78. The molecule has 0 atom stereocenters. The van der Waals surface area contributed by atoms with Gasteiger partial charge in [-0.2, -0.15) is 0 Å². The van der Waals surface area contributed by atoms with Crippen molar-refractivity contribution in [2.24, 2.45) is 5.73 Å². The first-order valence-electron chi connectivity index (χ1n) is 8.58. The first-order valence-corrected chi connectivity index (χ1v) is 8.58. The molecule has 0 bridgehead atoms. The summed E-state index contributed by atoms with van der Waals surface area (Å²) in [6, 6.07) is 10.1. The highest BCUT2D eigenvalue weighted by Gasteiger charge is 2.19. The van der Waals surface area contributed by atoms with Crippen LogP contribution in [0.5, 0.6) is 0 Å². The monoisotopic (exact) mass is 333 g/mol. The Morgan fingerprint density at radius 1 is 1.08 bits per heavy atom. The molecule has 1 aliphatic rings. The molecule has 0 unspecified atom stereocenters. The van der Waals surface area contributed by atoms with Gasteiger partial charge in [0.1, 0.15) is 0 Å². The number of morpholine rings is 1. The average Bonchev–Trinajstić information content (AvgIpc) is 2.64. The third-order valence-electron chi connectivity index (χ3n) is 4.18. The van der Waals surface area contributed by atoms with Crippen LogP contribution in [0.2, 0.25) is 0 Å². The topological polar surface area (TPSA) is 75.9 Å². The van der Waals surface area contributed by atoms with Gasteiger partial charge in [0, 0.05) is 45.6 Å². The van der Waals surface area contributed by atoms with E-state index in [2.05, 4.69) is 0 Å². The van der Waals surface area contributed by atoms with Crippen molar-refractivity contribution >= 4 is 11.8 Å². The number of hydrogen-bond acceptors (Lipinski definition) is 4. The summed E-state index contributed by atoms with van der Waals surface area (Å²) in [5.41, 5.74) is 6.82. The molecule has 24 heavy (non-hydrogen) atoms. The Bertz CT molecular complexity index is 516. The van der Waals surface area contributed by atoms with Gasteiger partial charge in [0.05, 0.1) is 13.2 Å². The number of amides is 2. The first-order chi connectivity index (χ1) is 11.7. The van der Waals surface area contributed by atoms with Gasteiger partial charge in [-0.05, 0) is 12.0 Å². The fourth-order valence-electron chi connectivity index (χ4n) is 2.77. The minimum absolute atomic E-state index is 0.00186. The Labute approximate surface area is 143 Å². The summed E-state index contributed by atoms with van der Waals surface area (Å²) in [6.07, 6.45) is 1.29. The zero-order chi connectivity index (χ0) is 17.2. The van der Waals surface area contributed by atoms with Crippen LogP contribution in [0.1, 0.15) is 18.4 Å². The third kappa shape index (κ3) is 5.94. The van der Waals surface area contributed by atoms with Gasteiger partial charge in [0.15, 0.2) is 0 Å². The van der Waals surface area contributed by atoms with Crippen LogP contribution in [0.3, 0.4) is 0 Å². The molecule has 6 heteroatoms. The molecular weight excluding hydrogens is 306 g/mol. The lowest BCUT2D eigenvalue weighted by Crippen LogP contribution is -2.42. The Hall–Kier alpha value is -1.92. The molecule has 1 aromatic carbocycles. The Morgan fingerprint density at radius 3 is 2.46 bits per heavy atom. The van der Waals surface area contributed by atoms with E-state index in [1.54, 1.807) is 9.80 Å². The molecule has 2 amide bonds. The number of rotatable bonds is 8. The summed E-state index contributed by atoms with van der Waals surface area (Å²) in [4.78, 5) is 28.1. The van der Waals surface area contributed by atoms with Gasteiger partial charge < -0.3 is 20.3 Å². The second-order valence-corrected chi connectivity index (χ2v) is 5.90. The first kappa shape index (κ1) is 18.4. The molecule has 6 nitrogen and oxygen atoms in total. The van der Waals surface area contributed by atoms with Gasteiger partial charge in [-0.1, -0.05) is 30.3 Å². The molecule has 0 saturated carbocycles. The standard InChI is InChI=1S/C18H27N3O3/c19-9-11-20(10-8-16-4-2-1-3-5-16)17(22)6-7-18(23)21-12-14-24-15-13-21/h1-5H,6-15,19H2. The highest BCUT2D eigenvalue weighted by Crippen LogP contribution is 2.07. The maximum Gasteiger partial charge on any atom is 0.223 e. The lowest BCUT2D eigenvalue weighted by atomic mass is 10.1. The number of carbonyl (C=O) groups excluding carboxylic acids is 2. The number of nitrogens with zero attached hydrogens (tertiary/aromatic N) is 2. The van der Waals surface area contributed by atoms with Crippen molar-refractivity contribution in [2.45, 2.75) is 19.3 Å². The van der Waals surface area contributed by atoms with E-state index in [0.29, 0.717) is 45.9 Å². The minimum Gasteiger partial charge on any atom is -0.378 e. The minimum atomic E-state index is -0.00186. The maximum absolute atomic E-state index is 12.4. The lowest BCUT2D eigenvalue weighted by molar-refractivity contribution is -0.139. The van der Waals surface area contributed by atoms with Gasteiger partial charge in [0.25, 0.3) is 0 Å². The zero-order valence-electron chi connectivity index (χ0n) is 14.2. The molecule has 1 fully saturated rings. The van der Waals surface area contributed by atoms with E-state index in [0.717, 1.165) is 6.42 Å². The summed E-state index contributed by atoms with van der Waals surface area (Å²) in [5, 5.41) is 0. The molecule has 2 rings (SSSR count). The molecule has 0 radical (unpaired) electrons. The second-order valence-electron chi connectivity index (χ2n) is 5.90. The van der Waals surface area contributed by atoms with Crippen LogP contribution < -0.4 is 5.73 Å². The molecule has 1 aromatic rings. The molecule has 1 heterocycles. The Morgan fingerprint density at radius 2 is 1.79 bits per heavy atom. The number of carbonyl (C=O) groups is 2. The summed E-state index contributed by atoms with van der Waals surface area (Å²) in [7, 11) is 0. The van der Waals surface area contributed by atoms with E-state index in [4.69, 9.17) is 10.5 Å². The van der Waals surface area contributed by atoms with Gasteiger partial charge in [-0.25, -0.2) is 0 Å². The van der Waals surface area contributed by atoms with E-state index >= 15 is 0 Å². The largest absolute Gasteiger partial charge is 0.378 e. The van der Waals surface area contributed by atoms with Crippen LogP contribution in [-0.4, -0.2) is 67.6 Å². The third-order valence-corrected chi connectivity index (χ3v) is 4.18. The summed E-state index contributed by atoms with van der Waals surface area (Å²) in [5.74, 6) is 0.0281. The molecule has 0 spiro atoms. The number of benzene rings is 1. The molecular formula is C18H27N3O3. The molecule has 2 N–H and O–H groups in total. The predicted molar refractivity (Wildman–Crippen MR) is 92.4 cm³/mol. The molecule has 0 aliphatic carbocycles. The molecule has 132 valence electrons. The van der Waals surface area contributed by atoms with Gasteiger partial charge in [0.2, 0.25) is 11.8 Å². The van der Waals surface area contributed by atoms with Crippen LogP contribution in [0.15, 0.2) is 30.3 Å². The van der Waals surface area contributed by atoms with Crippen LogP contribution in [0, 0.1) is 0 Å². The van der Waals surface area contributed by atoms with E-state index in [1.807, 2.05) is 30.3 Å². The van der Waals surface area contributed by atoms with Gasteiger partial charge in [-0.3, -0.25) is 9.59 Å².